The molecule has 0 N–H and O–H groups in total. The molecule has 0 aliphatic carbocycles. The number of carbonyl (C=O) groups is 1. The first-order chi connectivity index (χ1) is 7.85. The van der Waals surface area contributed by atoms with Gasteiger partial charge in [-0.05, 0) is 52.3 Å². The van der Waals surface area contributed by atoms with Crippen LogP contribution >= 0.6 is 0 Å². The predicted molar refractivity (Wildman–Crippen MR) is 70.2 cm³/mol. The second-order valence-corrected chi connectivity index (χ2v) is 4.81. The molecule has 2 heteroatoms. The zero-order chi connectivity index (χ0) is 13.1. The highest BCUT2D eigenvalue weighted by molar-refractivity contribution is 5.91. The summed E-state index contributed by atoms with van der Waals surface area (Å²) in [4.78, 5) is 12.0. The minimum absolute atomic E-state index is 0.273. The fourth-order valence-corrected chi connectivity index (χ4v) is 1.77. The van der Waals surface area contributed by atoms with Gasteiger partial charge in [-0.2, -0.15) is 0 Å². The summed E-state index contributed by atoms with van der Waals surface area (Å²) in [7, 11) is 0. The molecule has 0 radical (unpaired) electrons. The molecule has 0 atom stereocenters. The lowest BCUT2D eigenvalue weighted by atomic mass is 10.1. The molecule has 1 rings (SSSR count). The van der Waals surface area contributed by atoms with E-state index >= 15 is 0 Å². The van der Waals surface area contributed by atoms with Gasteiger partial charge in [0.15, 0.2) is 0 Å². The molecule has 2 nitrogen and oxygen atoms in total. The molecule has 0 fully saturated rings. The Morgan fingerprint density at radius 2 is 1.94 bits per heavy atom. The molecule has 0 aliphatic heterocycles. The zero-order valence-corrected chi connectivity index (χ0v) is 11.2. The van der Waals surface area contributed by atoms with Crippen LogP contribution in [0.15, 0.2) is 30.4 Å². The molecule has 0 unspecified atom stereocenters. The molecule has 0 saturated heterocycles. The molecular weight excluding hydrogens is 212 g/mol. The van der Waals surface area contributed by atoms with Crippen LogP contribution in [-0.4, -0.2) is 11.6 Å². The number of carbonyl (C=O) groups excluding carboxylic acids is 1. The van der Waals surface area contributed by atoms with E-state index in [0.29, 0.717) is 5.56 Å². The van der Waals surface area contributed by atoms with E-state index in [1.807, 2.05) is 65.0 Å². The van der Waals surface area contributed by atoms with Crippen molar-refractivity contribution in [1.82, 2.24) is 0 Å². The number of benzene rings is 1. The van der Waals surface area contributed by atoms with Crippen molar-refractivity contribution in [3.05, 3.63) is 47.0 Å². The van der Waals surface area contributed by atoms with E-state index in [0.717, 1.165) is 11.1 Å². The van der Waals surface area contributed by atoms with Crippen LogP contribution in [0.3, 0.4) is 0 Å². The predicted octanol–water partition coefficient (Wildman–Crippen LogP) is 3.81. The minimum atomic E-state index is -0.566. The monoisotopic (exact) mass is 232 g/mol. The summed E-state index contributed by atoms with van der Waals surface area (Å²) in [5.41, 5.74) is 2.16. The van der Waals surface area contributed by atoms with Crippen molar-refractivity contribution in [2.45, 2.75) is 40.2 Å². The number of ether oxygens (including phenoxy) is 1. The Morgan fingerprint density at radius 1 is 1.29 bits per heavy atom. The standard InChI is InChI=1S/C15H20O2/c1-6-9-15(4,5)17-14(16)13-8-7-11(2)10-12(13)3/h6-10H,1-5H3/b9-6-. The van der Waals surface area contributed by atoms with Gasteiger partial charge in [-0.25, -0.2) is 4.79 Å². The van der Waals surface area contributed by atoms with Crippen LogP contribution in [0.1, 0.15) is 42.3 Å². The topological polar surface area (TPSA) is 26.3 Å². The van der Waals surface area contributed by atoms with E-state index in [4.69, 9.17) is 4.74 Å². The number of hydrogen-bond donors (Lipinski definition) is 0. The minimum Gasteiger partial charge on any atom is -0.452 e. The number of rotatable bonds is 3. The summed E-state index contributed by atoms with van der Waals surface area (Å²) in [6, 6.07) is 5.73. The highest BCUT2D eigenvalue weighted by Gasteiger charge is 2.21. The van der Waals surface area contributed by atoms with E-state index < -0.39 is 5.60 Å². The SMILES string of the molecule is C/C=C\C(C)(C)OC(=O)c1ccc(C)cc1C. The molecule has 0 aliphatic rings. The van der Waals surface area contributed by atoms with Gasteiger partial charge in [0.25, 0.3) is 0 Å². The highest BCUT2D eigenvalue weighted by atomic mass is 16.6. The Kier molecular flexibility index (Phi) is 4.11. The molecule has 1 aromatic rings. The molecule has 0 amide bonds. The van der Waals surface area contributed by atoms with Gasteiger partial charge in [-0.15, -0.1) is 0 Å². The Bertz CT molecular complexity index is 442. The van der Waals surface area contributed by atoms with Crippen LogP contribution in [0.4, 0.5) is 0 Å². The first kappa shape index (κ1) is 13.5. The second-order valence-electron chi connectivity index (χ2n) is 4.81. The van der Waals surface area contributed by atoms with Crippen LogP contribution in [0, 0.1) is 13.8 Å². The Labute approximate surface area is 103 Å². The molecule has 0 saturated carbocycles. The highest BCUT2D eigenvalue weighted by Crippen LogP contribution is 2.17. The Balaban J connectivity index is 2.91. The molecular formula is C15H20O2. The number of esters is 1. The van der Waals surface area contributed by atoms with Gasteiger partial charge < -0.3 is 4.74 Å². The maximum atomic E-state index is 12.0. The van der Waals surface area contributed by atoms with Gasteiger partial charge >= 0.3 is 5.97 Å². The van der Waals surface area contributed by atoms with Gasteiger partial charge in [0.1, 0.15) is 5.60 Å². The molecule has 0 aromatic heterocycles. The maximum absolute atomic E-state index is 12.0. The molecule has 17 heavy (non-hydrogen) atoms. The van der Waals surface area contributed by atoms with Crippen LogP contribution in [0.2, 0.25) is 0 Å². The zero-order valence-electron chi connectivity index (χ0n) is 11.2. The summed E-state index contributed by atoms with van der Waals surface area (Å²) in [6.07, 6.45) is 3.75. The van der Waals surface area contributed by atoms with E-state index in [1.54, 1.807) is 0 Å². The van der Waals surface area contributed by atoms with Crippen molar-refractivity contribution in [3.8, 4) is 0 Å². The third kappa shape index (κ3) is 3.74. The van der Waals surface area contributed by atoms with Gasteiger partial charge in [0.2, 0.25) is 0 Å². The molecule has 0 bridgehead atoms. The van der Waals surface area contributed by atoms with Gasteiger partial charge in [-0.1, -0.05) is 23.8 Å². The Morgan fingerprint density at radius 3 is 2.47 bits per heavy atom. The van der Waals surface area contributed by atoms with Crippen molar-refractivity contribution >= 4 is 5.97 Å². The summed E-state index contributed by atoms with van der Waals surface area (Å²) in [5.74, 6) is -0.273. The summed E-state index contributed by atoms with van der Waals surface area (Å²) >= 11 is 0. The van der Waals surface area contributed by atoms with E-state index in [9.17, 15) is 4.79 Å². The first-order valence-electron chi connectivity index (χ1n) is 5.80. The van der Waals surface area contributed by atoms with Crippen molar-refractivity contribution in [3.63, 3.8) is 0 Å². The fraction of sp³-hybridized carbons (Fsp3) is 0.400. The van der Waals surface area contributed by atoms with Crippen LogP contribution < -0.4 is 0 Å². The molecule has 0 spiro atoms. The molecule has 92 valence electrons. The van der Waals surface area contributed by atoms with E-state index in [1.165, 1.54) is 0 Å². The average molecular weight is 232 g/mol. The lowest BCUT2D eigenvalue weighted by molar-refractivity contribution is 0.0172. The molecule has 0 heterocycles. The summed E-state index contributed by atoms with van der Waals surface area (Å²) < 4.78 is 5.46. The summed E-state index contributed by atoms with van der Waals surface area (Å²) in [6.45, 7) is 9.58. The number of allylic oxidation sites excluding steroid dienone is 1. The van der Waals surface area contributed by atoms with Crippen LogP contribution in [-0.2, 0) is 4.74 Å². The van der Waals surface area contributed by atoms with Crippen LogP contribution in [0.5, 0.6) is 0 Å². The fourth-order valence-electron chi connectivity index (χ4n) is 1.77. The van der Waals surface area contributed by atoms with Gasteiger partial charge in [0, 0.05) is 0 Å². The third-order valence-electron chi connectivity index (χ3n) is 2.53. The maximum Gasteiger partial charge on any atom is 0.339 e. The van der Waals surface area contributed by atoms with Crippen molar-refractivity contribution in [1.29, 1.82) is 0 Å². The lowest BCUT2D eigenvalue weighted by Crippen LogP contribution is -2.25. The summed E-state index contributed by atoms with van der Waals surface area (Å²) in [5, 5.41) is 0. The largest absolute Gasteiger partial charge is 0.452 e. The van der Waals surface area contributed by atoms with Crippen molar-refractivity contribution < 1.29 is 9.53 Å². The number of hydrogen-bond acceptors (Lipinski definition) is 2. The van der Waals surface area contributed by atoms with E-state index in [-0.39, 0.29) is 5.97 Å². The quantitative estimate of drug-likeness (QED) is 0.585. The van der Waals surface area contributed by atoms with Gasteiger partial charge in [0.05, 0.1) is 5.56 Å². The van der Waals surface area contributed by atoms with Crippen molar-refractivity contribution in [2.24, 2.45) is 0 Å². The van der Waals surface area contributed by atoms with Gasteiger partial charge in [-0.3, -0.25) is 0 Å². The Hall–Kier alpha value is -1.57. The molecule has 1 aromatic carbocycles. The van der Waals surface area contributed by atoms with E-state index in [2.05, 4.69) is 0 Å². The smallest absolute Gasteiger partial charge is 0.339 e. The lowest BCUT2D eigenvalue weighted by Gasteiger charge is -2.21. The average Bonchev–Trinajstić information content (AvgIpc) is 2.15. The second kappa shape index (κ2) is 5.17. The number of aryl methyl sites for hydroxylation is 2. The van der Waals surface area contributed by atoms with Crippen molar-refractivity contribution in [2.75, 3.05) is 0 Å². The third-order valence-corrected chi connectivity index (χ3v) is 2.53. The van der Waals surface area contributed by atoms with Crippen LogP contribution in [0.25, 0.3) is 0 Å². The normalized spacial score (nSPS) is 11.8. The first-order valence-corrected chi connectivity index (χ1v) is 5.80.